The highest BCUT2D eigenvalue weighted by molar-refractivity contribution is 6.30. The van der Waals surface area contributed by atoms with Gasteiger partial charge in [0.1, 0.15) is 6.33 Å². The second-order valence-corrected chi connectivity index (χ2v) is 5.24. The lowest BCUT2D eigenvalue weighted by atomic mass is 10.2. The van der Waals surface area contributed by atoms with E-state index in [1.54, 1.807) is 12.1 Å². The molecule has 0 fully saturated rings. The Kier molecular flexibility index (Phi) is 4.52. The Bertz CT molecular complexity index is 862. The molecule has 1 N–H and O–H groups in total. The van der Waals surface area contributed by atoms with Gasteiger partial charge in [-0.25, -0.2) is 14.3 Å². The van der Waals surface area contributed by atoms with Gasteiger partial charge in [-0.1, -0.05) is 23.7 Å². The van der Waals surface area contributed by atoms with Crippen molar-refractivity contribution in [2.75, 3.05) is 5.32 Å². The second kappa shape index (κ2) is 6.75. The largest absolute Gasteiger partial charge is 0.333 e. The van der Waals surface area contributed by atoms with Crippen molar-refractivity contribution in [1.29, 1.82) is 0 Å². The normalized spacial score (nSPS) is 11.0. The Labute approximate surface area is 139 Å². The number of benzene rings is 1. The molecule has 0 unspecified atom stereocenters. The first-order valence-electron chi connectivity index (χ1n) is 6.80. The Morgan fingerprint density at radius 3 is 2.83 bits per heavy atom. The molecule has 0 aliphatic rings. The van der Waals surface area contributed by atoms with E-state index in [4.69, 9.17) is 11.6 Å². The summed E-state index contributed by atoms with van der Waals surface area (Å²) in [5, 5.41) is 10.6. The number of anilines is 1. The van der Waals surface area contributed by atoms with E-state index in [-0.39, 0.29) is 11.6 Å². The van der Waals surface area contributed by atoms with E-state index >= 15 is 0 Å². The summed E-state index contributed by atoms with van der Waals surface area (Å²) in [7, 11) is 0. The van der Waals surface area contributed by atoms with Crippen LogP contribution in [-0.4, -0.2) is 30.5 Å². The molecule has 0 atom stereocenters. The lowest BCUT2D eigenvalue weighted by Crippen LogP contribution is -2.15. The smallest absolute Gasteiger partial charge is 0.288 e. The van der Waals surface area contributed by atoms with Crippen LogP contribution in [0.5, 0.6) is 0 Å². The number of nitrogens with zero attached hydrogens (tertiary/aromatic N) is 5. The van der Waals surface area contributed by atoms with Crippen molar-refractivity contribution in [1.82, 2.24) is 24.5 Å². The number of alkyl halides is 2. The van der Waals surface area contributed by atoms with Crippen molar-refractivity contribution in [2.45, 2.75) is 13.1 Å². The van der Waals surface area contributed by atoms with Crippen LogP contribution < -0.4 is 5.32 Å². The molecule has 0 aliphatic heterocycles. The third-order valence-corrected chi connectivity index (χ3v) is 3.27. The number of carbonyl (C=O) groups is 1. The average Bonchev–Trinajstić information content (AvgIpc) is 3.17. The molecule has 24 heavy (non-hydrogen) atoms. The molecule has 1 amide bonds. The molecule has 124 valence electrons. The van der Waals surface area contributed by atoms with Crippen LogP contribution in [0.15, 0.2) is 42.9 Å². The van der Waals surface area contributed by atoms with Crippen LogP contribution in [0.3, 0.4) is 0 Å². The minimum Gasteiger partial charge on any atom is -0.288 e. The topological polar surface area (TPSA) is 77.6 Å². The van der Waals surface area contributed by atoms with Gasteiger partial charge >= 0.3 is 6.55 Å². The molecular formula is C14H11ClF2N6O. The van der Waals surface area contributed by atoms with Crippen molar-refractivity contribution in [3.8, 4) is 0 Å². The molecule has 2 aromatic heterocycles. The number of rotatable bonds is 5. The first-order chi connectivity index (χ1) is 11.5. The van der Waals surface area contributed by atoms with Gasteiger partial charge < -0.3 is 0 Å². The zero-order chi connectivity index (χ0) is 17.1. The number of carbonyl (C=O) groups excluding carboxylic acids is 1. The van der Waals surface area contributed by atoms with Crippen molar-refractivity contribution in [3.05, 3.63) is 59.1 Å². The fourth-order valence-electron chi connectivity index (χ4n) is 1.98. The lowest BCUT2D eigenvalue weighted by molar-refractivity contribution is 0.0561. The summed E-state index contributed by atoms with van der Waals surface area (Å²) in [6.07, 6.45) is 2.46. The van der Waals surface area contributed by atoms with Crippen molar-refractivity contribution < 1.29 is 13.6 Å². The molecular weight excluding hydrogens is 342 g/mol. The summed E-state index contributed by atoms with van der Waals surface area (Å²) >= 11 is 5.91. The first-order valence-corrected chi connectivity index (χ1v) is 7.17. The van der Waals surface area contributed by atoms with Gasteiger partial charge in [-0.05, 0) is 23.8 Å². The fourth-order valence-corrected chi connectivity index (χ4v) is 2.20. The molecule has 10 heteroatoms. The molecule has 3 aromatic rings. The summed E-state index contributed by atoms with van der Waals surface area (Å²) in [6, 6.07) is 8.43. The van der Waals surface area contributed by atoms with Gasteiger partial charge in [0.2, 0.25) is 5.95 Å². The Morgan fingerprint density at radius 1 is 1.29 bits per heavy atom. The molecule has 2 heterocycles. The van der Waals surface area contributed by atoms with E-state index in [1.165, 1.54) is 17.1 Å². The maximum Gasteiger partial charge on any atom is 0.333 e. The number of hydrogen-bond acceptors (Lipinski definition) is 4. The minimum absolute atomic E-state index is 0.0497. The van der Waals surface area contributed by atoms with Gasteiger partial charge in [-0.3, -0.25) is 10.1 Å². The van der Waals surface area contributed by atoms with Gasteiger partial charge in [0.05, 0.1) is 6.54 Å². The van der Waals surface area contributed by atoms with Gasteiger partial charge in [0.15, 0.2) is 5.69 Å². The predicted octanol–water partition coefficient (Wildman–Crippen LogP) is 2.82. The Balaban J connectivity index is 1.66. The van der Waals surface area contributed by atoms with Gasteiger partial charge in [-0.2, -0.15) is 13.9 Å². The van der Waals surface area contributed by atoms with Crippen LogP contribution in [-0.2, 0) is 6.54 Å². The molecule has 0 bridgehead atoms. The van der Waals surface area contributed by atoms with Crippen LogP contribution in [0.4, 0.5) is 14.7 Å². The van der Waals surface area contributed by atoms with E-state index in [0.717, 1.165) is 11.8 Å². The number of aromatic nitrogens is 5. The predicted molar refractivity (Wildman–Crippen MR) is 82.0 cm³/mol. The average molecular weight is 353 g/mol. The standard InChI is InChI=1S/C14H11ClF2N6O/c15-10-3-1-2-9(6-10)7-22-8-18-14(21-22)19-12(24)11-4-5-23(20-11)13(16)17/h1-6,8,13H,7H2,(H,19,21,24). The quantitative estimate of drug-likeness (QED) is 0.766. The van der Waals surface area contributed by atoms with Crippen LogP contribution in [0, 0.1) is 0 Å². The number of amides is 1. The van der Waals surface area contributed by atoms with E-state index in [1.807, 2.05) is 12.1 Å². The SMILES string of the molecule is O=C(Nc1ncn(Cc2cccc(Cl)c2)n1)c1ccn(C(F)F)n1. The van der Waals surface area contributed by atoms with Crippen LogP contribution in [0.2, 0.25) is 5.02 Å². The highest BCUT2D eigenvalue weighted by Crippen LogP contribution is 2.12. The molecule has 1 aromatic carbocycles. The van der Waals surface area contributed by atoms with Crippen LogP contribution >= 0.6 is 11.6 Å². The molecule has 0 radical (unpaired) electrons. The Morgan fingerprint density at radius 2 is 2.12 bits per heavy atom. The summed E-state index contributed by atoms with van der Waals surface area (Å²) in [6.45, 7) is -2.38. The highest BCUT2D eigenvalue weighted by atomic mass is 35.5. The third kappa shape index (κ3) is 3.74. The maximum atomic E-state index is 12.4. The highest BCUT2D eigenvalue weighted by Gasteiger charge is 2.15. The van der Waals surface area contributed by atoms with Crippen LogP contribution in [0.1, 0.15) is 22.6 Å². The molecule has 7 nitrogen and oxygen atoms in total. The zero-order valence-corrected chi connectivity index (χ0v) is 12.9. The van der Waals surface area contributed by atoms with Crippen molar-refractivity contribution in [3.63, 3.8) is 0 Å². The van der Waals surface area contributed by atoms with Gasteiger partial charge in [0.25, 0.3) is 5.91 Å². The monoisotopic (exact) mass is 352 g/mol. The Hall–Kier alpha value is -2.81. The summed E-state index contributed by atoms with van der Waals surface area (Å²) in [4.78, 5) is 15.9. The third-order valence-electron chi connectivity index (χ3n) is 3.04. The molecule has 3 rings (SSSR count). The number of halogens is 3. The van der Waals surface area contributed by atoms with Gasteiger partial charge in [-0.15, -0.1) is 5.10 Å². The molecule has 0 aliphatic carbocycles. The van der Waals surface area contributed by atoms with E-state index < -0.39 is 12.5 Å². The summed E-state index contributed by atoms with van der Waals surface area (Å²) < 4.78 is 26.8. The number of nitrogens with one attached hydrogen (secondary N) is 1. The number of hydrogen-bond donors (Lipinski definition) is 1. The first kappa shape index (κ1) is 16.1. The minimum atomic E-state index is -2.80. The van der Waals surface area contributed by atoms with Crippen molar-refractivity contribution in [2.24, 2.45) is 0 Å². The van der Waals surface area contributed by atoms with E-state index in [9.17, 15) is 13.6 Å². The molecule has 0 spiro atoms. The molecule has 0 saturated carbocycles. The fraction of sp³-hybridized carbons (Fsp3) is 0.143. The van der Waals surface area contributed by atoms with E-state index in [0.29, 0.717) is 16.2 Å². The van der Waals surface area contributed by atoms with Gasteiger partial charge in [0, 0.05) is 11.2 Å². The van der Waals surface area contributed by atoms with E-state index in [2.05, 4.69) is 20.5 Å². The van der Waals surface area contributed by atoms with Crippen LogP contribution in [0.25, 0.3) is 0 Å². The lowest BCUT2D eigenvalue weighted by Gasteiger charge is -2.01. The zero-order valence-electron chi connectivity index (χ0n) is 12.1. The second-order valence-electron chi connectivity index (χ2n) is 4.81. The van der Waals surface area contributed by atoms with Crippen molar-refractivity contribution >= 4 is 23.5 Å². The maximum absolute atomic E-state index is 12.4. The molecule has 0 saturated heterocycles. The summed E-state index contributed by atoms with van der Waals surface area (Å²) in [5.74, 6) is -0.622. The summed E-state index contributed by atoms with van der Waals surface area (Å²) in [5.41, 5.74) is 0.766.